The zero-order chi connectivity index (χ0) is 14.7. The van der Waals surface area contributed by atoms with Crippen molar-refractivity contribution in [1.82, 2.24) is 0 Å². The summed E-state index contributed by atoms with van der Waals surface area (Å²) in [6, 6.07) is 11.9. The molecule has 0 aliphatic heterocycles. The van der Waals surface area contributed by atoms with E-state index < -0.39 is 6.09 Å². The van der Waals surface area contributed by atoms with Gasteiger partial charge in [-0.25, -0.2) is 4.79 Å². The van der Waals surface area contributed by atoms with Crippen molar-refractivity contribution in [2.24, 2.45) is 0 Å². The van der Waals surface area contributed by atoms with E-state index in [-0.39, 0.29) is 22.3 Å². The van der Waals surface area contributed by atoms with Crippen LogP contribution in [-0.4, -0.2) is 16.3 Å². The van der Waals surface area contributed by atoms with Crippen LogP contribution in [0.4, 0.5) is 10.5 Å². The Balaban J connectivity index is 2.37. The second-order valence-electron chi connectivity index (χ2n) is 4.11. The number of carbonyl (C=O) groups is 1. The van der Waals surface area contributed by atoms with Crippen LogP contribution in [-0.2, 0) is 6.54 Å². The van der Waals surface area contributed by atoms with Gasteiger partial charge < -0.3 is 10.2 Å². The third kappa shape index (κ3) is 3.15. The number of rotatable bonds is 3. The predicted molar refractivity (Wildman–Crippen MR) is 78.8 cm³/mol. The molecular formula is C14H11Cl2NO3. The number of amides is 1. The number of anilines is 1. The van der Waals surface area contributed by atoms with Gasteiger partial charge in [0.05, 0.1) is 22.3 Å². The van der Waals surface area contributed by atoms with Gasteiger partial charge in [0.2, 0.25) is 0 Å². The Hall–Kier alpha value is -1.91. The zero-order valence-corrected chi connectivity index (χ0v) is 11.8. The molecule has 2 aromatic carbocycles. The lowest BCUT2D eigenvalue weighted by atomic mass is 10.2. The lowest BCUT2D eigenvalue weighted by Gasteiger charge is -2.20. The lowest BCUT2D eigenvalue weighted by molar-refractivity contribution is 0.201. The molecule has 0 spiro atoms. The number of phenols is 1. The van der Waals surface area contributed by atoms with Gasteiger partial charge in [0.25, 0.3) is 0 Å². The maximum atomic E-state index is 11.4. The highest BCUT2D eigenvalue weighted by Crippen LogP contribution is 2.36. The molecule has 0 aromatic heterocycles. The molecule has 0 aliphatic carbocycles. The fourth-order valence-electron chi connectivity index (χ4n) is 1.74. The molecule has 0 bridgehead atoms. The van der Waals surface area contributed by atoms with E-state index in [2.05, 4.69) is 0 Å². The van der Waals surface area contributed by atoms with E-state index in [1.165, 1.54) is 12.1 Å². The van der Waals surface area contributed by atoms with Crippen LogP contribution >= 0.6 is 23.2 Å². The summed E-state index contributed by atoms with van der Waals surface area (Å²) in [7, 11) is 0. The molecule has 2 N–H and O–H groups in total. The average Bonchev–Trinajstić information content (AvgIpc) is 2.42. The molecule has 0 fully saturated rings. The van der Waals surface area contributed by atoms with E-state index in [1.807, 2.05) is 30.3 Å². The summed E-state index contributed by atoms with van der Waals surface area (Å²) >= 11 is 11.6. The predicted octanol–water partition coefficient (Wildman–Crippen LogP) is 4.38. The van der Waals surface area contributed by atoms with Gasteiger partial charge in [-0.1, -0.05) is 53.5 Å². The third-order valence-corrected chi connectivity index (χ3v) is 3.30. The number of nitrogens with zero attached hydrogens (tertiary/aromatic N) is 1. The maximum Gasteiger partial charge on any atom is 0.412 e. The Morgan fingerprint density at radius 1 is 1.10 bits per heavy atom. The van der Waals surface area contributed by atoms with Crippen molar-refractivity contribution >= 4 is 35.0 Å². The highest BCUT2D eigenvalue weighted by atomic mass is 35.5. The highest BCUT2D eigenvalue weighted by Gasteiger charge is 2.18. The summed E-state index contributed by atoms with van der Waals surface area (Å²) < 4.78 is 0. The van der Waals surface area contributed by atoms with Crippen LogP contribution in [0.2, 0.25) is 10.0 Å². The van der Waals surface area contributed by atoms with Gasteiger partial charge in [0, 0.05) is 0 Å². The molecule has 0 atom stereocenters. The summed E-state index contributed by atoms with van der Waals surface area (Å²) in [5.74, 6) is -0.262. The van der Waals surface area contributed by atoms with Crippen molar-refractivity contribution in [2.75, 3.05) is 4.90 Å². The minimum atomic E-state index is -1.13. The van der Waals surface area contributed by atoms with E-state index in [0.29, 0.717) is 5.69 Å². The van der Waals surface area contributed by atoms with Crippen molar-refractivity contribution in [3.8, 4) is 5.75 Å². The Morgan fingerprint density at radius 2 is 1.65 bits per heavy atom. The maximum absolute atomic E-state index is 11.4. The van der Waals surface area contributed by atoms with Gasteiger partial charge in [0.1, 0.15) is 0 Å². The molecular weight excluding hydrogens is 301 g/mol. The average molecular weight is 312 g/mol. The Bertz CT molecular complexity index is 609. The van der Waals surface area contributed by atoms with E-state index in [1.54, 1.807) is 0 Å². The van der Waals surface area contributed by atoms with Crippen LogP contribution < -0.4 is 4.90 Å². The van der Waals surface area contributed by atoms with Gasteiger partial charge >= 0.3 is 6.09 Å². The van der Waals surface area contributed by atoms with Gasteiger partial charge in [-0.15, -0.1) is 0 Å². The highest BCUT2D eigenvalue weighted by molar-refractivity contribution is 6.37. The molecule has 0 heterocycles. The van der Waals surface area contributed by atoms with Gasteiger partial charge in [-0.2, -0.15) is 0 Å². The smallest absolute Gasteiger partial charge is 0.412 e. The van der Waals surface area contributed by atoms with Crippen molar-refractivity contribution in [3.63, 3.8) is 0 Å². The van der Waals surface area contributed by atoms with Gasteiger partial charge in [-0.05, 0) is 17.7 Å². The molecule has 0 saturated carbocycles. The first-order chi connectivity index (χ1) is 9.49. The summed E-state index contributed by atoms with van der Waals surface area (Å²) in [6.45, 7) is 0.160. The minimum absolute atomic E-state index is 0.00631. The quantitative estimate of drug-likeness (QED) is 0.884. The summed E-state index contributed by atoms with van der Waals surface area (Å²) in [4.78, 5) is 12.5. The number of aromatic hydroxyl groups is 1. The molecule has 104 valence electrons. The first kappa shape index (κ1) is 14.5. The van der Waals surface area contributed by atoms with Crippen molar-refractivity contribution in [1.29, 1.82) is 0 Å². The van der Waals surface area contributed by atoms with Crippen molar-refractivity contribution < 1.29 is 15.0 Å². The lowest BCUT2D eigenvalue weighted by Crippen LogP contribution is -2.28. The van der Waals surface area contributed by atoms with E-state index >= 15 is 0 Å². The molecule has 0 aliphatic rings. The molecule has 0 unspecified atom stereocenters. The second-order valence-corrected chi connectivity index (χ2v) is 4.93. The molecule has 0 radical (unpaired) electrons. The Labute approximate surface area is 125 Å². The number of benzene rings is 2. The first-order valence-corrected chi connectivity index (χ1v) is 6.47. The normalized spacial score (nSPS) is 10.3. The Kier molecular flexibility index (Phi) is 4.37. The molecule has 20 heavy (non-hydrogen) atoms. The minimum Gasteiger partial charge on any atom is -0.505 e. The van der Waals surface area contributed by atoms with Gasteiger partial charge in [-0.3, -0.25) is 4.90 Å². The van der Waals surface area contributed by atoms with Crippen LogP contribution in [0.15, 0.2) is 42.5 Å². The fraction of sp³-hybridized carbons (Fsp3) is 0.0714. The third-order valence-electron chi connectivity index (χ3n) is 2.73. The second kappa shape index (κ2) is 6.03. The van der Waals surface area contributed by atoms with Crippen LogP contribution in [0.5, 0.6) is 5.75 Å². The number of hydrogen-bond donors (Lipinski definition) is 2. The summed E-state index contributed by atoms with van der Waals surface area (Å²) in [5.41, 5.74) is 1.13. The molecule has 4 nitrogen and oxygen atoms in total. The Morgan fingerprint density at radius 3 is 2.15 bits per heavy atom. The standard InChI is InChI=1S/C14H11Cl2NO3/c15-11-6-10(7-12(16)13(11)18)17(14(19)20)8-9-4-2-1-3-5-9/h1-7,18H,8H2,(H,19,20). The van der Waals surface area contributed by atoms with Crippen LogP contribution in [0.3, 0.4) is 0 Å². The van der Waals surface area contributed by atoms with Crippen LogP contribution in [0.25, 0.3) is 0 Å². The summed E-state index contributed by atoms with van der Waals surface area (Å²) in [5, 5.41) is 18.8. The van der Waals surface area contributed by atoms with Crippen LogP contribution in [0.1, 0.15) is 5.56 Å². The monoisotopic (exact) mass is 311 g/mol. The summed E-state index contributed by atoms with van der Waals surface area (Å²) in [6.07, 6.45) is -1.13. The number of halogens is 2. The SMILES string of the molecule is O=C(O)N(Cc1ccccc1)c1cc(Cl)c(O)c(Cl)c1. The molecule has 1 amide bonds. The molecule has 2 rings (SSSR count). The fourth-order valence-corrected chi connectivity index (χ4v) is 2.22. The van der Waals surface area contributed by atoms with E-state index in [0.717, 1.165) is 10.5 Å². The number of hydrogen-bond acceptors (Lipinski definition) is 2. The number of carboxylic acid groups (broad SMARTS) is 1. The topological polar surface area (TPSA) is 60.8 Å². The van der Waals surface area contributed by atoms with Crippen molar-refractivity contribution in [2.45, 2.75) is 6.54 Å². The molecule has 0 saturated heterocycles. The van der Waals surface area contributed by atoms with Crippen LogP contribution in [0, 0.1) is 0 Å². The zero-order valence-electron chi connectivity index (χ0n) is 10.3. The first-order valence-electron chi connectivity index (χ1n) is 5.71. The van der Waals surface area contributed by atoms with E-state index in [9.17, 15) is 15.0 Å². The molecule has 6 heteroatoms. The van der Waals surface area contributed by atoms with Gasteiger partial charge in [0.15, 0.2) is 5.75 Å². The van der Waals surface area contributed by atoms with Crippen molar-refractivity contribution in [3.05, 3.63) is 58.1 Å². The van der Waals surface area contributed by atoms with E-state index in [4.69, 9.17) is 23.2 Å². The number of phenolic OH excluding ortho intramolecular Hbond substituents is 1. The molecule has 2 aromatic rings. The largest absolute Gasteiger partial charge is 0.505 e.